The lowest BCUT2D eigenvalue weighted by molar-refractivity contribution is -0.161. The highest BCUT2D eigenvalue weighted by molar-refractivity contribution is 7.47. The van der Waals surface area contributed by atoms with Crippen LogP contribution in [0.4, 0.5) is 0 Å². The largest absolute Gasteiger partial charge is 0.472 e. The third kappa shape index (κ3) is 36.6. The van der Waals surface area contributed by atoms with E-state index in [2.05, 4.69) is 42.7 Å². The van der Waals surface area contributed by atoms with Crippen LogP contribution in [0.2, 0.25) is 0 Å². The maximum absolute atomic E-state index is 12.6. The first-order valence-electron chi connectivity index (χ1n) is 20.3. The molecule has 0 spiro atoms. The molecule has 0 aliphatic rings. The summed E-state index contributed by atoms with van der Waals surface area (Å²) >= 11 is 0. The molecule has 3 atom stereocenters. The quantitative estimate of drug-likeness (QED) is 0.0241. The summed E-state index contributed by atoms with van der Waals surface area (Å²) in [6.45, 7) is 2.34. The van der Waals surface area contributed by atoms with E-state index in [0.717, 1.165) is 57.8 Å². The van der Waals surface area contributed by atoms with Gasteiger partial charge in [0.1, 0.15) is 12.7 Å². The number of phosphoric acid groups is 1. The molecule has 0 amide bonds. The van der Waals surface area contributed by atoms with Gasteiger partial charge in [0.25, 0.3) is 0 Å². The summed E-state index contributed by atoms with van der Waals surface area (Å²) in [7, 11) is -4.61. The molecule has 1 unspecified atom stereocenters. The zero-order chi connectivity index (χ0) is 37.7. The monoisotopic (exact) mass is 747 g/mol. The van der Waals surface area contributed by atoms with E-state index in [-0.39, 0.29) is 19.4 Å². The maximum atomic E-state index is 12.6. The molecule has 0 rings (SSSR count). The summed E-state index contributed by atoms with van der Waals surface area (Å²) in [4.78, 5) is 34.9. The lowest BCUT2D eigenvalue weighted by Crippen LogP contribution is -2.29. The van der Waals surface area contributed by atoms with Gasteiger partial charge in [-0.25, -0.2) is 4.57 Å². The molecule has 300 valence electrons. The van der Waals surface area contributed by atoms with Gasteiger partial charge >= 0.3 is 19.8 Å². The van der Waals surface area contributed by atoms with Crippen molar-refractivity contribution < 1.29 is 47.8 Å². The molecular weight excluding hydrogens is 671 g/mol. The Bertz CT molecular complexity index is 910. The summed E-state index contributed by atoms with van der Waals surface area (Å²) in [5, 5.41) is 18.3. The molecule has 0 radical (unpaired) electrons. The molecule has 10 nitrogen and oxygen atoms in total. The Kier molecular flexibility index (Phi) is 35.7. The van der Waals surface area contributed by atoms with E-state index in [1.54, 1.807) is 0 Å². The Labute approximate surface area is 310 Å². The SMILES string of the molecule is CCCCCC/C=C/C=C/CCCCCCCC(=O)O[C@H](COC(=O)CCCCCCCCCCCCCCC)COP(=O)(O)OC[C@@H](O)CO. The first-order valence-corrected chi connectivity index (χ1v) is 21.8. The summed E-state index contributed by atoms with van der Waals surface area (Å²) in [6.07, 6.45) is 34.2. The van der Waals surface area contributed by atoms with E-state index in [1.807, 2.05) is 0 Å². The fraction of sp³-hybridized carbons (Fsp3) is 0.850. The van der Waals surface area contributed by atoms with Gasteiger partial charge in [0.15, 0.2) is 6.10 Å². The van der Waals surface area contributed by atoms with Crippen LogP contribution in [-0.4, -0.2) is 65.7 Å². The molecule has 0 saturated heterocycles. The Balaban J connectivity index is 4.36. The topological polar surface area (TPSA) is 149 Å². The molecule has 0 aliphatic carbocycles. The Morgan fingerprint density at radius 1 is 0.588 bits per heavy atom. The molecule has 0 saturated carbocycles. The van der Waals surface area contributed by atoms with E-state index >= 15 is 0 Å². The van der Waals surface area contributed by atoms with Gasteiger partial charge in [0.05, 0.1) is 19.8 Å². The van der Waals surface area contributed by atoms with Crippen LogP contribution in [0.1, 0.15) is 181 Å². The average molecular weight is 747 g/mol. The molecule has 0 heterocycles. The number of aliphatic hydroxyl groups excluding tert-OH is 2. The number of unbranched alkanes of at least 4 members (excludes halogenated alkanes) is 21. The number of rotatable bonds is 38. The minimum absolute atomic E-state index is 0.169. The van der Waals surface area contributed by atoms with Crippen molar-refractivity contribution in [1.82, 2.24) is 0 Å². The second-order valence-electron chi connectivity index (χ2n) is 13.7. The van der Waals surface area contributed by atoms with Crippen molar-refractivity contribution >= 4 is 19.8 Å². The molecule has 51 heavy (non-hydrogen) atoms. The second kappa shape index (κ2) is 36.8. The summed E-state index contributed by atoms with van der Waals surface area (Å²) < 4.78 is 32.6. The minimum Gasteiger partial charge on any atom is -0.462 e. The average Bonchev–Trinajstić information content (AvgIpc) is 3.12. The van der Waals surface area contributed by atoms with Crippen LogP contribution in [0.15, 0.2) is 24.3 Å². The standard InChI is InChI=1S/C40H75O10P/c1-3-5-7-9-11-13-15-17-18-20-22-24-26-28-30-32-40(44)50-38(36-49-51(45,46)48-34-37(42)33-41)35-47-39(43)31-29-27-25-23-21-19-16-14-12-10-8-6-4-2/h13,15,17-18,37-38,41-42H,3-12,14,16,19-36H2,1-2H3,(H,45,46)/b15-13+,18-17+/t37-,38+/m0/s1. The van der Waals surface area contributed by atoms with Gasteiger partial charge in [-0.2, -0.15) is 0 Å². The van der Waals surface area contributed by atoms with Crippen LogP contribution in [0.5, 0.6) is 0 Å². The van der Waals surface area contributed by atoms with Gasteiger partial charge in [-0.05, 0) is 38.5 Å². The van der Waals surface area contributed by atoms with Gasteiger partial charge in [-0.3, -0.25) is 18.6 Å². The molecular formula is C40H75O10P. The number of ether oxygens (including phenoxy) is 2. The Morgan fingerprint density at radius 2 is 1.00 bits per heavy atom. The fourth-order valence-electron chi connectivity index (χ4n) is 5.45. The highest BCUT2D eigenvalue weighted by atomic mass is 31.2. The van der Waals surface area contributed by atoms with E-state index in [0.29, 0.717) is 12.8 Å². The van der Waals surface area contributed by atoms with E-state index in [1.165, 1.54) is 83.5 Å². The van der Waals surface area contributed by atoms with Crippen LogP contribution >= 0.6 is 7.82 Å². The number of hydrogen-bond donors (Lipinski definition) is 3. The van der Waals surface area contributed by atoms with Crippen molar-refractivity contribution in [1.29, 1.82) is 0 Å². The number of allylic oxidation sites excluding steroid dienone is 4. The normalized spacial score (nSPS) is 14.2. The van der Waals surface area contributed by atoms with Crippen molar-refractivity contribution in [3.63, 3.8) is 0 Å². The van der Waals surface area contributed by atoms with E-state index in [4.69, 9.17) is 19.1 Å². The lowest BCUT2D eigenvalue weighted by Gasteiger charge is -2.20. The van der Waals surface area contributed by atoms with Gasteiger partial charge in [0, 0.05) is 12.8 Å². The van der Waals surface area contributed by atoms with Crippen LogP contribution in [0, 0.1) is 0 Å². The van der Waals surface area contributed by atoms with Gasteiger partial charge in [-0.1, -0.05) is 154 Å². The van der Waals surface area contributed by atoms with Crippen LogP contribution in [0.25, 0.3) is 0 Å². The van der Waals surface area contributed by atoms with Crippen molar-refractivity contribution in [2.75, 3.05) is 26.4 Å². The van der Waals surface area contributed by atoms with E-state index in [9.17, 15) is 24.2 Å². The van der Waals surface area contributed by atoms with E-state index < -0.39 is 51.8 Å². The highest BCUT2D eigenvalue weighted by Crippen LogP contribution is 2.43. The number of hydrogen-bond acceptors (Lipinski definition) is 9. The van der Waals surface area contributed by atoms with Crippen molar-refractivity contribution in [3.8, 4) is 0 Å². The predicted octanol–water partition coefficient (Wildman–Crippen LogP) is 10.2. The first-order chi connectivity index (χ1) is 24.7. The summed E-state index contributed by atoms with van der Waals surface area (Å²) in [5.41, 5.74) is 0. The lowest BCUT2D eigenvalue weighted by atomic mass is 10.0. The zero-order valence-corrected chi connectivity index (χ0v) is 33.2. The first kappa shape index (κ1) is 49.5. The highest BCUT2D eigenvalue weighted by Gasteiger charge is 2.27. The second-order valence-corrected chi connectivity index (χ2v) is 15.1. The molecule has 0 aromatic rings. The zero-order valence-electron chi connectivity index (χ0n) is 32.3. The van der Waals surface area contributed by atoms with Crippen LogP contribution in [0.3, 0.4) is 0 Å². The van der Waals surface area contributed by atoms with Gasteiger partial charge < -0.3 is 24.6 Å². The van der Waals surface area contributed by atoms with Gasteiger partial charge in [-0.15, -0.1) is 0 Å². The Morgan fingerprint density at radius 3 is 1.49 bits per heavy atom. The number of phosphoric ester groups is 1. The molecule has 0 aliphatic heterocycles. The maximum Gasteiger partial charge on any atom is 0.472 e. The third-order valence-corrected chi connectivity index (χ3v) is 9.59. The van der Waals surface area contributed by atoms with Crippen LogP contribution < -0.4 is 0 Å². The predicted molar refractivity (Wildman–Crippen MR) is 205 cm³/mol. The minimum atomic E-state index is -4.61. The third-order valence-electron chi connectivity index (χ3n) is 8.64. The number of carbonyl (C=O) groups excluding carboxylic acids is 2. The molecule has 0 aromatic carbocycles. The van der Waals surface area contributed by atoms with Crippen molar-refractivity contribution in [2.24, 2.45) is 0 Å². The summed E-state index contributed by atoms with van der Waals surface area (Å²) in [5.74, 6) is -0.938. The Hall–Kier alpha value is -1.55. The van der Waals surface area contributed by atoms with Crippen molar-refractivity contribution in [2.45, 2.75) is 193 Å². The number of carbonyl (C=O) groups is 2. The van der Waals surface area contributed by atoms with Crippen LogP contribution in [-0.2, 0) is 32.7 Å². The molecule has 3 N–H and O–H groups in total. The molecule has 0 bridgehead atoms. The van der Waals surface area contributed by atoms with Gasteiger partial charge in [0.2, 0.25) is 0 Å². The van der Waals surface area contributed by atoms with Crippen molar-refractivity contribution in [3.05, 3.63) is 24.3 Å². The molecule has 11 heteroatoms. The fourth-order valence-corrected chi connectivity index (χ4v) is 6.24. The molecule has 0 fully saturated rings. The number of aliphatic hydroxyl groups is 2. The summed E-state index contributed by atoms with van der Waals surface area (Å²) in [6, 6.07) is 0. The molecule has 0 aromatic heterocycles. The number of esters is 2. The smallest absolute Gasteiger partial charge is 0.462 e.